The zero-order chi connectivity index (χ0) is 19.3. The first-order valence-electron chi connectivity index (χ1n) is 9.06. The van der Waals surface area contributed by atoms with Crippen molar-refractivity contribution in [2.75, 3.05) is 45.6 Å². The van der Waals surface area contributed by atoms with Gasteiger partial charge in [0.05, 0.1) is 12.0 Å². The Balaban J connectivity index is 0.00000676. The Labute approximate surface area is 180 Å². The Morgan fingerprint density at radius 2 is 2.07 bits per heavy atom. The fourth-order valence-corrected chi connectivity index (χ4v) is 2.98. The van der Waals surface area contributed by atoms with E-state index in [1.54, 1.807) is 20.2 Å². The monoisotopic (exact) mass is 516 g/mol. The molecule has 10 heteroatoms. The molecule has 0 aliphatic rings. The van der Waals surface area contributed by atoms with E-state index in [1.807, 2.05) is 19.1 Å². The largest absolute Gasteiger partial charge is 0.467 e. The minimum Gasteiger partial charge on any atom is -0.467 e. The molecule has 1 rings (SSSR count). The van der Waals surface area contributed by atoms with Crippen LogP contribution in [-0.4, -0.2) is 64.3 Å². The summed E-state index contributed by atoms with van der Waals surface area (Å²) in [6.07, 6.45) is 3.16. The van der Waals surface area contributed by atoms with E-state index in [9.17, 15) is 8.42 Å². The molecule has 1 heterocycles. The van der Waals surface area contributed by atoms with Gasteiger partial charge in [0.15, 0.2) is 5.96 Å². The van der Waals surface area contributed by atoms with E-state index < -0.39 is 10.0 Å². The SMILES string of the molecule is CCNC(=NCCCOCc1ccco1)NCCCN(C)S(=O)(=O)CC.I. The zero-order valence-electron chi connectivity index (χ0n) is 16.4. The molecule has 2 N–H and O–H groups in total. The van der Waals surface area contributed by atoms with Crippen molar-refractivity contribution in [2.24, 2.45) is 4.99 Å². The van der Waals surface area contributed by atoms with Crippen molar-refractivity contribution in [2.45, 2.75) is 33.3 Å². The first-order valence-corrected chi connectivity index (χ1v) is 10.7. The van der Waals surface area contributed by atoms with Gasteiger partial charge < -0.3 is 19.8 Å². The molecule has 0 atom stereocenters. The lowest BCUT2D eigenvalue weighted by Crippen LogP contribution is -2.39. The van der Waals surface area contributed by atoms with Crippen molar-refractivity contribution >= 4 is 40.0 Å². The fourth-order valence-electron chi connectivity index (χ4n) is 2.13. The predicted octanol–water partition coefficient (Wildman–Crippen LogP) is 2.03. The smallest absolute Gasteiger partial charge is 0.213 e. The van der Waals surface area contributed by atoms with Crippen molar-refractivity contribution < 1.29 is 17.6 Å². The molecule has 0 aliphatic carbocycles. The van der Waals surface area contributed by atoms with E-state index in [-0.39, 0.29) is 29.7 Å². The lowest BCUT2D eigenvalue weighted by atomic mass is 10.4. The van der Waals surface area contributed by atoms with Gasteiger partial charge in [-0.25, -0.2) is 12.7 Å². The van der Waals surface area contributed by atoms with E-state index in [4.69, 9.17) is 9.15 Å². The normalized spacial score (nSPS) is 12.1. The molecule has 1 aromatic rings. The second kappa shape index (κ2) is 15.1. The highest BCUT2D eigenvalue weighted by atomic mass is 127. The summed E-state index contributed by atoms with van der Waals surface area (Å²) in [6.45, 7) is 7.31. The van der Waals surface area contributed by atoms with Crippen LogP contribution in [0.3, 0.4) is 0 Å². The van der Waals surface area contributed by atoms with Crippen molar-refractivity contribution in [1.82, 2.24) is 14.9 Å². The third kappa shape index (κ3) is 11.6. The molecule has 0 spiro atoms. The standard InChI is InChI=1S/C17H32N4O4S.HI/c1-4-18-17(19-10-7-12-21(3)26(22,23)5-2)20-11-8-13-24-15-16-9-6-14-25-16;/h6,9,14H,4-5,7-8,10-13,15H2,1-3H3,(H2,18,19,20);1H. The fraction of sp³-hybridized carbons (Fsp3) is 0.706. The molecule has 158 valence electrons. The maximum absolute atomic E-state index is 11.7. The minimum atomic E-state index is -3.11. The molecule has 0 saturated carbocycles. The van der Waals surface area contributed by atoms with E-state index in [0.717, 1.165) is 24.7 Å². The number of halogens is 1. The van der Waals surface area contributed by atoms with Crippen LogP contribution in [0.15, 0.2) is 27.8 Å². The number of nitrogens with zero attached hydrogens (tertiary/aromatic N) is 2. The summed E-state index contributed by atoms with van der Waals surface area (Å²) >= 11 is 0. The average molecular weight is 516 g/mol. The molecule has 0 radical (unpaired) electrons. The second-order valence-electron chi connectivity index (χ2n) is 5.75. The van der Waals surface area contributed by atoms with Gasteiger partial charge in [-0.05, 0) is 38.8 Å². The van der Waals surface area contributed by atoms with Gasteiger partial charge in [-0.1, -0.05) is 0 Å². The molecule has 8 nitrogen and oxygen atoms in total. The van der Waals surface area contributed by atoms with Gasteiger partial charge in [-0.15, -0.1) is 24.0 Å². The lowest BCUT2D eigenvalue weighted by Gasteiger charge is -2.16. The summed E-state index contributed by atoms with van der Waals surface area (Å²) < 4.78 is 35.5. The van der Waals surface area contributed by atoms with Crippen LogP contribution < -0.4 is 10.6 Å². The quantitative estimate of drug-likeness (QED) is 0.180. The van der Waals surface area contributed by atoms with Crippen molar-refractivity contribution in [1.29, 1.82) is 0 Å². The van der Waals surface area contributed by atoms with Crippen LogP contribution in [0.25, 0.3) is 0 Å². The van der Waals surface area contributed by atoms with Crippen molar-refractivity contribution in [3.8, 4) is 0 Å². The van der Waals surface area contributed by atoms with Crippen LogP contribution >= 0.6 is 24.0 Å². The summed E-state index contributed by atoms with van der Waals surface area (Å²) in [5, 5.41) is 6.40. The van der Waals surface area contributed by atoms with Crippen LogP contribution in [0.1, 0.15) is 32.4 Å². The van der Waals surface area contributed by atoms with Gasteiger partial charge in [-0.3, -0.25) is 4.99 Å². The number of furan rings is 1. The lowest BCUT2D eigenvalue weighted by molar-refractivity contribution is 0.105. The number of sulfonamides is 1. The summed E-state index contributed by atoms with van der Waals surface area (Å²) in [5.74, 6) is 1.68. The number of rotatable bonds is 13. The van der Waals surface area contributed by atoms with Gasteiger partial charge in [0, 0.05) is 39.8 Å². The van der Waals surface area contributed by atoms with Crippen LogP contribution in [0.4, 0.5) is 0 Å². The Morgan fingerprint density at radius 1 is 1.30 bits per heavy atom. The van der Waals surface area contributed by atoms with Gasteiger partial charge in [0.25, 0.3) is 0 Å². The topological polar surface area (TPSA) is 96.2 Å². The summed E-state index contributed by atoms with van der Waals surface area (Å²) in [5.41, 5.74) is 0. The van der Waals surface area contributed by atoms with E-state index in [1.165, 1.54) is 4.31 Å². The Kier molecular flexibility index (Phi) is 14.6. The number of hydrogen-bond acceptors (Lipinski definition) is 5. The Morgan fingerprint density at radius 3 is 2.70 bits per heavy atom. The second-order valence-corrected chi connectivity index (χ2v) is 8.11. The van der Waals surface area contributed by atoms with E-state index >= 15 is 0 Å². The molecule has 1 aromatic heterocycles. The molecule has 0 saturated heterocycles. The van der Waals surface area contributed by atoms with Gasteiger partial charge >= 0.3 is 0 Å². The van der Waals surface area contributed by atoms with Gasteiger partial charge in [-0.2, -0.15) is 0 Å². The van der Waals surface area contributed by atoms with Gasteiger partial charge in [0.1, 0.15) is 12.4 Å². The molecular formula is C17H33IN4O4S. The summed E-state index contributed by atoms with van der Waals surface area (Å²) in [7, 11) is -1.50. The number of aliphatic imine (C=N–C) groups is 1. The van der Waals surface area contributed by atoms with Crippen molar-refractivity contribution in [3.63, 3.8) is 0 Å². The highest BCUT2D eigenvalue weighted by Gasteiger charge is 2.13. The molecule has 0 aliphatic heterocycles. The Hall–Kier alpha value is -0.850. The predicted molar refractivity (Wildman–Crippen MR) is 119 cm³/mol. The highest BCUT2D eigenvalue weighted by molar-refractivity contribution is 14.0. The third-order valence-electron chi connectivity index (χ3n) is 3.67. The first-order chi connectivity index (χ1) is 12.5. The highest BCUT2D eigenvalue weighted by Crippen LogP contribution is 2.02. The van der Waals surface area contributed by atoms with E-state index in [0.29, 0.717) is 39.3 Å². The molecule has 0 amide bonds. The molecule has 0 fully saturated rings. The number of guanidine groups is 1. The van der Waals surface area contributed by atoms with Crippen LogP contribution in [0, 0.1) is 0 Å². The van der Waals surface area contributed by atoms with Gasteiger partial charge in [0.2, 0.25) is 10.0 Å². The first kappa shape index (κ1) is 26.1. The van der Waals surface area contributed by atoms with Crippen LogP contribution in [0.2, 0.25) is 0 Å². The molecule has 0 aromatic carbocycles. The van der Waals surface area contributed by atoms with Crippen molar-refractivity contribution in [3.05, 3.63) is 24.2 Å². The summed E-state index contributed by atoms with van der Waals surface area (Å²) in [4.78, 5) is 4.49. The molecular weight excluding hydrogens is 483 g/mol. The van der Waals surface area contributed by atoms with E-state index in [2.05, 4.69) is 15.6 Å². The average Bonchev–Trinajstić information content (AvgIpc) is 3.14. The number of ether oxygens (including phenoxy) is 1. The molecule has 0 unspecified atom stereocenters. The van der Waals surface area contributed by atoms with Crippen LogP contribution in [0.5, 0.6) is 0 Å². The number of nitrogens with one attached hydrogen (secondary N) is 2. The Bertz CT molecular complexity index is 608. The molecule has 0 bridgehead atoms. The maximum atomic E-state index is 11.7. The maximum Gasteiger partial charge on any atom is 0.213 e. The third-order valence-corrected chi connectivity index (χ3v) is 5.53. The number of hydrogen-bond donors (Lipinski definition) is 2. The summed E-state index contributed by atoms with van der Waals surface area (Å²) in [6, 6.07) is 3.72. The van der Waals surface area contributed by atoms with Crippen LogP contribution in [-0.2, 0) is 21.4 Å². The minimum absolute atomic E-state index is 0. The zero-order valence-corrected chi connectivity index (χ0v) is 19.6. The molecule has 27 heavy (non-hydrogen) atoms.